The average molecular weight is 293 g/mol. The quantitative estimate of drug-likeness (QED) is 0.737. The van der Waals surface area contributed by atoms with Crippen molar-refractivity contribution in [2.24, 2.45) is 0 Å². The molecule has 1 aliphatic rings. The molecule has 0 radical (unpaired) electrons. The summed E-state index contributed by atoms with van der Waals surface area (Å²) in [5.41, 5.74) is 1.23. The summed E-state index contributed by atoms with van der Waals surface area (Å²) >= 11 is 4.36. The van der Waals surface area contributed by atoms with Gasteiger partial charge in [0.15, 0.2) is 0 Å². The van der Waals surface area contributed by atoms with Crippen LogP contribution in [0, 0.1) is 0 Å². The van der Waals surface area contributed by atoms with Gasteiger partial charge in [0, 0.05) is 31.4 Å². The van der Waals surface area contributed by atoms with Crippen LogP contribution in [0.25, 0.3) is 0 Å². The van der Waals surface area contributed by atoms with Crippen molar-refractivity contribution in [1.29, 1.82) is 0 Å². The Bertz CT molecular complexity index is 405. The molecule has 1 saturated heterocycles. The van der Waals surface area contributed by atoms with Crippen LogP contribution in [0.15, 0.2) is 30.3 Å². The van der Waals surface area contributed by atoms with Crippen LogP contribution in [0.2, 0.25) is 0 Å². The summed E-state index contributed by atoms with van der Waals surface area (Å²) in [5, 5.41) is 6.40. The monoisotopic (exact) mass is 293 g/mol. The summed E-state index contributed by atoms with van der Waals surface area (Å²) in [4.78, 5) is 14.2. The minimum absolute atomic E-state index is 0.0312. The summed E-state index contributed by atoms with van der Waals surface area (Å²) in [6.07, 6.45) is 1.83. The smallest absolute Gasteiger partial charge is 0.317 e. The van der Waals surface area contributed by atoms with Crippen molar-refractivity contribution in [2.45, 2.75) is 18.9 Å². The van der Waals surface area contributed by atoms with Crippen LogP contribution in [0.4, 0.5) is 4.79 Å². The summed E-state index contributed by atoms with van der Waals surface area (Å²) < 4.78 is 0. The molecule has 0 saturated carbocycles. The Morgan fingerprint density at radius 2 is 2.10 bits per heavy atom. The van der Waals surface area contributed by atoms with E-state index in [1.807, 2.05) is 23.1 Å². The summed E-state index contributed by atoms with van der Waals surface area (Å²) in [6, 6.07) is 10.3. The van der Waals surface area contributed by atoms with Crippen molar-refractivity contribution in [3.05, 3.63) is 35.9 Å². The van der Waals surface area contributed by atoms with E-state index in [1.165, 1.54) is 5.56 Å². The van der Waals surface area contributed by atoms with Crippen molar-refractivity contribution < 1.29 is 4.79 Å². The topological polar surface area (TPSA) is 44.4 Å². The first-order chi connectivity index (χ1) is 9.79. The number of thiol groups is 1. The summed E-state index contributed by atoms with van der Waals surface area (Å²) in [5.74, 6) is 0.646. The highest BCUT2D eigenvalue weighted by Gasteiger charge is 2.18. The van der Waals surface area contributed by atoms with Crippen LogP contribution in [-0.4, -0.2) is 48.9 Å². The molecule has 2 rings (SSSR count). The van der Waals surface area contributed by atoms with E-state index in [1.54, 1.807) is 0 Å². The van der Waals surface area contributed by atoms with Gasteiger partial charge >= 0.3 is 6.03 Å². The van der Waals surface area contributed by atoms with E-state index in [0.29, 0.717) is 5.75 Å². The van der Waals surface area contributed by atoms with E-state index in [9.17, 15) is 4.79 Å². The van der Waals surface area contributed by atoms with Gasteiger partial charge in [0.1, 0.15) is 0 Å². The minimum Gasteiger partial charge on any atom is -0.334 e. The van der Waals surface area contributed by atoms with Crippen molar-refractivity contribution in [1.82, 2.24) is 15.5 Å². The molecule has 1 fully saturated rings. The molecule has 0 bridgehead atoms. The Morgan fingerprint density at radius 1 is 1.30 bits per heavy atom. The molecule has 1 unspecified atom stereocenters. The van der Waals surface area contributed by atoms with Gasteiger partial charge in [0.2, 0.25) is 0 Å². The third kappa shape index (κ3) is 4.72. The van der Waals surface area contributed by atoms with E-state index < -0.39 is 0 Å². The maximum Gasteiger partial charge on any atom is 0.317 e. The number of hydrogen-bond acceptors (Lipinski definition) is 3. The number of carbonyl (C=O) groups is 1. The molecule has 0 aliphatic carbocycles. The lowest BCUT2D eigenvalue weighted by Crippen LogP contribution is -2.47. The number of nitrogens with one attached hydrogen (secondary N) is 2. The molecule has 2 amide bonds. The Labute approximate surface area is 126 Å². The van der Waals surface area contributed by atoms with Gasteiger partial charge < -0.3 is 15.5 Å². The molecule has 4 nitrogen and oxygen atoms in total. The van der Waals surface area contributed by atoms with E-state index in [2.05, 4.69) is 35.4 Å². The molecule has 20 heavy (non-hydrogen) atoms. The molecular formula is C15H23N3OS. The second-order valence-corrected chi connectivity index (χ2v) is 5.47. The third-order valence-corrected chi connectivity index (χ3v) is 3.94. The zero-order valence-corrected chi connectivity index (χ0v) is 12.6. The van der Waals surface area contributed by atoms with Crippen LogP contribution in [-0.2, 0) is 6.42 Å². The van der Waals surface area contributed by atoms with Crippen molar-refractivity contribution >= 4 is 18.7 Å². The summed E-state index contributed by atoms with van der Waals surface area (Å²) in [7, 11) is 0. The van der Waals surface area contributed by atoms with E-state index >= 15 is 0 Å². The second kappa shape index (κ2) is 8.17. The lowest BCUT2D eigenvalue weighted by Gasteiger charge is -2.24. The maximum absolute atomic E-state index is 12.3. The predicted octanol–water partition coefficient (Wildman–Crippen LogP) is 1.53. The van der Waals surface area contributed by atoms with E-state index in [-0.39, 0.29) is 12.1 Å². The first-order valence-electron chi connectivity index (χ1n) is 7.20. The molecular weight excluding hydrogens is 270 g/mol. The fourth-order valence-corrected chi connectivity index (χ4v) is 2.59. The first-order valence-corrected chi connectivity index (χ1v) is 7.84. The normalized spacial score (nSPS) is 17.4. The second-order valence-electron chi connectivity index (χ2n) is 5.11. The lowest BCUT2D eigenvalue weighted by atomic mass is 10.1. The van der Waals surface area contributed by atoms with Crippen LogP contribution in [0.5, 0.6) is 0 Å². The number of carbonyl (C=O) groups excluding carboxylic acids is 1. The number of rotatable bonds is 4. The highest BCUT2D eigenvalue weighted by molar-refractivity contribution is 7.80. The number of amides is 2. The first kappa shape index (κ1) is 15.2. The van der Waals surface area contributed by atoms with Gasteiger partial charge in [-0.15, -0.1) is 0 Å². The molecule has 5 heteroatoms. The lowest BCUT2D eigenvalue weighted by molar-refractivity contribution is 0.198. The van der Waals surface area contributed by atoms with Gasteiger partial charge in [-0.25, -0.2) is 4.79 Å². The molecule has 110 valence electrons. The predicted molar refractivity (Wildman–Crippen MR) is 85.4 cm³/mol. The van der Waals surface area contributed by atoms with Gasteiger partial charge in [-0.1, -0.05) is 30.3 Å². The van der Waals surface area contributed by atoms with Gasteiger partial charge in [-0.05, 0) is 24.9 Å². The molecule has 2 N–H and O–H groups in total. The zero-order valence-electron chi connectivity index (χ0n) is 11.7. The molecule has 1 aromatic rings. The van der Waals surface area contributed by atoms with Crippen LogP contribution in [0.1, 0.15) is 12.0 Å². The third-order valence-electron chi connectivity index (χ3n) is 3.50. The van der Waals surface area contributed by atoms with Crippen LogP contribution < -0.4 is 10.6 Å². The largest absolute Gasteiger partial charge is 0.334 e. The van der Waals surface area contributed by atoms with Gasteiger partial charge in [-0.2, -0.15) is 12.6 Å². The molecule has 1 aromatic carbocycles. The van der Waals surface area contributed by atoms with Gasteiger partial charge in [0.05, 0.1) is 0 Å². The zero-order chi connectivity index (χ0) is 14.2. The molecule has 0 aromatic heterocycles. The number of hydrogen-bond donors (Lipinski definition) is 3. The highest BCUT2D eigenvalue weighted by atomic mass is 32.1. The van der Waals surface area contributed by atoms with Crippen molar-refractivity contribution in [3.63, 3.8) is 0 Å². The van der Waals surface area contributed by atoms with Crippen molar-refractivity contribution in [2.75, 3.05) is 31.9 Å². The molecule has 1 atom stereocenters. The summed E-state index contributed by atoms with van der Waals surface area (Å²) in [6.45, 7) is 3.46. The SMILES string of the molecule is O=C(NC(CS)Cc1ccccc1)N1CCCNCC1. The van der Waals surface area contributed by atoms with E-state index in [0.717, 1.165) is 39.0 Å². The van der Waals surface area contributed by atoms with Gasteiger partial charge in [-0.3, -0.25) is 0 Å². The van der Waals surface area contributed by atoms with Crippen LogP contribution in [0.3, 0.4) is 0 Å². The van der Waals surface area contributed by atoms with E-state index in [4.69, 9.17) is 0 Å². The van der Waals surface area contributed by atoms with Crippen molar-refractivity contribution in [3.8, 4) is 0 Å². The number of urea groups is 1. The molecule has 1 aliphatic heterocycles. The average Bonchev–Trinajstić information content (AvgIpc) is 2.76. The molecule has 0 spiro atoms. The fraction of sp³-hybridized carbons (Fsp3) is 0.533. The minimum atomic E-state index is 0.0312. The Kier molecular flexibility index (Phi) is 6.21. The number of benzene rings is 1. The Morgan fingerprint density at radius 3 is 2.85 bits per heavy atom. The maximum atomic E-state index is 12.3. The Balaban J connectivity index is 1.87. The standard InChI is InChI=1S/C15H23N3OS/c19-15(18-9-4-7-16-8-10-18)17-14(12-20)11-13-5-2-1-3-6-13/h1-3,5-6,14,16,20H,4,7-12H2,(H,17,19). The Hall–Kier alpha value is -1.20. The fourth-order valence-electron chi connectivity index (χ4n) is 2.37. The number of nitrogens with zero attached hydrogens (tertiary/aromatic N) is 1. The van der Waals surface area contributed by atoms with Gasteiger partial charge in [0.25, 0.3) is 0 Å². The highest BCUT2D eigenvalue weighted by Crippen LogP contribution is 2.05. The van der Waals surface area contributed by atoms with Crippen LogP contribution >= 0.6 is 12.6 Å². The molecule has 1 heterocycles.